The second-order valence-electron chi connectivity index (χ2n) is 6.33. The van der Waals surface area contributed by atoms with E-state index in [1.165, 1.54) is 0 Å². The highest BCUT2D eigenvalue weighted by molar-refractivity contribution is 5.82. The molecule has 1 fully saturated rings. The van der Waals surface area contributed by atoms with E-state index in [0.29, 0.717) is 6.54 Å². The number of carbonyl (C=O) groups excluding carboxylic acids is 2. The van der Waals surface area contributed by atoms with Crippen LogP contribution in [-0.2, 0) is 9.59 Å². The lowest BCUT2D eigenvalue weighted by molar-refractivity contribution is -0.126. The molecule has 0 spiro atoms. The predicted octanol–water partition coefficient (Wildman–Crippen LogP) is 1.18. The van der Waals surface area contributed by atoms with E-state index >= 15 is 0 Å². The average Bonchev–Trinajstić information content (AvgIpc) is 2.46. The van der Waals surface area contributed by atoms with Crippen molar-refractivity contribution in [2.24, 2.45) is 0 Å². The summed E-state index contributed by atoms with van der Waals surface area (Å²) in [5.74, 6) is -0.264. The molecule has 0 bridgehead atoms. The molecule has 0 aromatic rings. The first-order chi connectivity index (χ1) is 10.4. The Hall–Kier alpha value is -1.61. The van der Waals surface area contributed by atoms with Crippen LogP contribution < -0.4 is 10.6 Å². The lowest BCUT2D eigenvalue weighted by atomic mass is 9.83. The number of hydrogen-bond donors (Lipinski definition) is 2. The minimum absolute atomic E-state index is 0.0858. The Morgan fingerprint density at radius 3 is 2.27 bits per heavy atom. The molecule has 1 aliphatic rings. The van der Waals surface area contributed by atoms with Gasteiger partial charge in [-0.2, -0.15) is 5.26 Å². The summed E-state index contributed by atoms with van der Waals surface area (Å²) in [6.45, 7) is 6.67. The van der Waals surface area contributed by atoms with Crippen LogP contribution in [0.3, 0.4) is 0 Å². The summed E-state index contributed by atoms with van der Waals surface area (Å²) in [4.78, 5) is 25.8. The molecule has 0 unspecified atom stereocenters. The molecule has 2 N–H and O–H groups in total. The minimum atomic E-state index is -0.713. The molecule has 2 amide bonds. The summed E-state index contributed by atoms with van der Waals surface area (Å²) < 4.78 is 0. The Morgan fingerprint density at radius 1 is 1.18 bits per heavy atom. The third-order valence-electron chi connectivity index (χ3n) is 3.93. The van der Waals surface area contributed by atoms with Gasteiger partial charge >= 0.3 is 0 Å². The molecule has 0 heterocycles. The first kappa shape index (κ1) is 18.4. The fraction of sp³-hybridized carbons (Fsp3) is 0.812. The highest BCUT2D eigenvalue weighted by atomic mass is 16.2. The van der Waals surface area contributed by atoms with Crippen LogP contribution in [0.4, 0.5) is 0 Å². The van der Waals surface area contributed by atoms with Gasteiger partial charge in [0.1, 0.15) is 5.54 Å². The summed E-state index contributed by atoms with van der Waals surface area (Å²) in [6, 6.07) is 2.36. The molecule has 6 heteroatoms. The van der Waals surface area contributed by atoms with Gasteiger partial charge < -0.3 is 10.6 Å². The Morgan fingerprint density at radius 2 is 1.77 bits per heavy atom. The predicted molar refractivity (Wildman–Crippen MR) is 85.0 cm³/mol. The van der Waals surface area contributed by atoms with E-state index in [0.717, 1.165) is 32.1 Å². The summed E-state index contributed by atoms with van der Waals surface area (Å²) >= 11 is 0. The zero-order valence-electron chi connectivity index (χ0n) is 13.9. The fourth-order valence-electron chi connectivity index (χ4n) is 2.78. The Kier molecular flexibility index (Phi) is 7.33. The van der Waals surface area contributed by atoms with Gasteiger partial charge in [-0.15, -0.1) is 0 Å². The molecule has 1 saturated carbocycles. The van der Waals surface area contributed by atoms with Gasteiger partial charge in [-0.1, -0.05) is 26.2 Å². The van der Waals surface area contributed by atoms with Gasteiger partial charge in [-0.25, -0.2) is 0 Å². The number of nitrogens with one attached hydrogen (secondary N) is 2. The van der Waals surface area contributed by atoms with Gasteiger partial charge in [-0.05, 0) is 33.2 Å². The number of likely N-dealkylation sites (N-methyl/N-ethyl adjacent to an activating group) is 1. The molecule has 1 rings (SSSR count). The van der Waals surface area contributed by atoms with Crippen LogP contribution in [0.1, 0.15) is 52.9 Å². The Labute approximate surface area is 133 Å². The molecule has 1 aliphatic carbocycles. The molecule has 124 valence electrons. The van der Waals surface area contributed by atoms with E-state index in [9.17, 15) is 14.9 Å². The van der Waals surface area contributed by atoms with Gasteiger partial charge in [0.25, 0.3) is 0 Å². The van der Waals surface area contributed by atoms with Crippen molar-refractivity contribution in [2.45, 2.75) is 64.5 Å². The lowest BCUT2D eigenvalue weighted by Crippen LogP contribution is -2.52. The zero-order chi connectivity index (χ0) is 16.6. The van der Waals surface area contributed by atoms with Crippen LogP contribution in [0.15, 0.2) is 0 Å². The first-order valence-electron chi connectivity index (χ1n) is 8.15. The van der Waals surface area contributed by atoms with Crippen LogP contribution in [0.2, 0.25) is 0 Å². The average molecular weight is 308 g/mol. The highest BCUT2D eigenvalue weighted by Gasteiger charge is 2.33. The van der Waals surface area contributed by atoms with Crippen LogP contribution in [0, 0.1) is 11.3 Å². The molecule has 6 nitrogen and oxygen atoms in total. The minimum Gasteiger partial charge on any atom is -0.353 e. The maximum atomic E-state index is 12.2. The SMILES string of the molecule is CCN(CC(=O)NC(C)C)CC(=O)NC1(C#N)CCCCC1. The zero-order valence-corrected chi connectivity index (χ0v) is 13.9. The van der Waals surface area contributed by atoms with Gasteiger partial charge in [0.2, 0.25) is 11.8 Å². The molecular weight excluding hydrogens is 280 g/mol. The first-order valence-corrected chi connectivity index (χ1v) is 8.15. The molecule has 0 atom stereocenters. The fourth-order valence-corrected chi connectivity index (χ4v) is 2.78. The van der Waals surface area contributed by atoms with Crippen molar-refractivity contribution in [3.05, 3.63) is 0 Å². The van der Waals surface area contributed by atoms with Gasteiger partial charge in [-0.3, -0.25) is 14.5 Å². The van der Waals surface area contributed by atoms with E-state index in [1.807, 2.05) is 20.8 Å². The van der Waals surface area contributed by atoms with Gasteiger partial charge in [0, 0.05) is 6.04 Å². The van der Waals surface area contributed by atoms with Gasteiger partial charge in [0.05, 0.1) is 19.2 Å². The highest BCUT2D eigenvalue weighted by Crippen LogP contribution is 2.27. The molecule has 0 aromatic carbocycles. The Balaban J connectivity index is 2.50. The van der Waals surface area contributed by atoms with Crippen LogP contribution >= 0.6 is 0 Å². The Bertz CT molecular complexity index is 422. The van der Waals surface area contributed by atoms with Crippen molar-refractivity contribution in [1.82, 2.24) is 15.5 Å². The third kappa shape index (κ3) is 6.02. The van der Waals surface area contributed by atoms with Crippen molar-refractivity contribution in [2.75, 3.05) is 19.6 Å². The molecule has 0 radical (unpaired) electrons. The number of carbonyl (C=O) groups is 2. The molecule has 0 aliphatic heterocycles. The number of rotatable bonds is 7. The topological polar surface area (TPSA) is 85.2 Å². The van der Waals surface area contributed by atoms with Crippen LogP contribution in [0.25, 0.3) is 0 Å². The van der Waals surface area contributed by atoms with Crippen molar-refractivity contribution in [3.63, 3.8) is 0 Å². The number of hydrogen-bond acceptors (Lipinski definition) is 4. The molecule has 22 heavy (non-hydrogen) atoms. The van der Waals surface area contributed by atoms with Crippen molar-refractivity contribution in [3.8, 4) is 6.07 Å². The molecule has 0 aromatic heterocycles. The van der Waals surface area contributed by atoms with E-state index in [-0.39, 0.29) is 30.9 Å². The monoisotopic (exact) mass is 308 g/mol. The van der Waals surface area contributed by atoms with E-state index < -0.39 is 5.54 Å². The van der Waals surface area contributed by atoms with E-state index in [1.54, 1.807) is 4.90 Å². The lowest BCUT2D eigenvalue weighted by Gasteiger charge is -2.32. The number of amides is 2. The third-order valence-corrected chi connectivity index (χ3v) is 3.93. The maximum Gasteiger partial charge on any atom is 0.235 e. The van der Waals surface area contributed by atoms with E-state index in [2.05, 4.69) is 16.7 Å². The normalized spacial score (nSPS) is 17.1. The van der Waals surface area contributed by atoms with Crippen LogP contribution in [0.5, 0.6) is 0 Å². The standard InChI is InChI=1S/C16H28N4O2/c1-4-20(10-14(21)18-13(2)3)11-15(22)19-16(12-17)8-6-5-7-9-16/h13H,4-11H2,1-3H3,(H,18,21)(H,19,22). The second kappa shape index (κ2) is 8.74. The van der Waals surface area contributed by atoms with E-state index in [4.69, 9.17) is 0 Å². The molecular formula is C16H28N4O2. The summed E-state index contributed by atoms with van der Waals surface area (Å²) in [7, 11) is 0. The van der Waals surface area contributed by atoms with Crippen molar-refractivity contribution in [1.29, 1.82) is 5.26 Å². The smallest absolute Gasteiger partial charge is 0.235 e. The quantitative estimate of drug-likeness (QED) is 0.739. The van der Waals surface area contributed by atoms with Gasteiger partial charge in [0.15, 0.2) is 0 Å². The number of nitriles is 1. The number of nitrogens with zero attached hydrogens (tertiary/aromatic N) is 2. The summed E-state index contributed by atoms with van der Waals surface area (Å²) in [5.41, 5.74) is -0.713. The van der Waals surface area contributed by atoms with Crippen molar-refractivity contribution < 1.29 is 9.59 Å². The van der Waals surface area contributed by atoms with Crippen LogP contribution in [-0.4, -0.2) is 47.9 Å². The largest absolute Gasteiger partial charge is 0.353 e. The summed E-state index contributed by atoms with van der Waals surface area (Å²) in [5, 5.41) is 15.1. The van der Waals surface area contributed by atoms with Crippen molar-refractivity contribution >= 4 is 11.8 Å². The second-order valence-corrected chi connectivity index (χ2v) is 6.33. The molecule has 0 saturated heterocycles. The summed E-state index contributed by atoms with van der Waals surface area (Å²) in [6.07, 6.45) is 4.50. The maximum absolute atomic E-state index is 12.2.